The molecule has 1 heterocycles. The summed E-state index contributed by atoms with van der Waals surface area (Å²) in [6, 6.07) is 12.4. The molecule has 0 aliphatic heterocycles. The number of sulfonamides is 1. The molecule has 158 valence electrons. The fourth-order valence-corrected chi connectivity index (χ4v) is 4.06. The van der Waals surface area contributed by atoms with Gasteiger partial charge in [0.15, 0.2) is 0 Å². The van der Waals surface area contributed by atoms with Gasteiger partial charge >= 0.3 is 0 Å². The van der Waals surface area contributed by atoms with Crippen LogP contribution >= 0.6 is 11.6 Å². The van der Waals surface area contributed by atoms with Gasteiger partial charge in [-0.1, -0.05) is 35.0 Å². The van der Waals surface area contributed by atoms with Crippen molar-refractivity contribution in [1.29, 1.82) is 0 Å². The summed E-state index contributed by atoms with van der Waals surface area (Å²) in [5.41, 5.74) is 2.74. The van der Waals surface area contributed by atoms with E-state index in [1.807, 2.05) is 6.07 Å². The Morgan fingerprint density at radius 3 is 2.37 bits per heavy atom. The van der Waals surface area contributed by atoms with Crippen molar-refractivity contribution in [3.05, 3.63) is 64.5 Å². The van der Waals surface area contributed by atoms with Crippen LogP contribution in [0.4, 0.5) is 5.69 Å². The lowest BCUT2D eigenvalue weighted by atomic mass is 10.1. The molecule has 0 unspecified atom stereocenters. The topological polar surface area (TPSA) is 105 Å². The van der Waals surface area contributed by atoms with Crippen LogP contribution in [0.3, 0.4) is 0 Å². The molecule has 0 spiro atoms. The molecule has 0 radical (unpaired) electrons. The average Bonchev–Trinajstić information content (AvgIpc) is 3.14. The number of aryl methyl sites for hydroxylation is 2. The van der Waals surface area contributed by atoms with Crippen molar-refractivity contribution < 1.29 is 17.7 Å². The van der Waals surface area contributed by atoms with Crippen LogP contribution in [0.5, 0.6) is 0 Å². The Balaban J connectivity index is 1.69. The lowest BCUT2D eigenvalue weighted by Crippen LogP contribution is -2.40. The number of halogens is 1. The van der Waals surface area contributed by atoms with E-state index < -0.39 is 15.9 Å². The maximum absolute atomic E-state index is 12.5. The predicted octanol–water partition coefficient (Wildman–Crippen LogP) is 3.09. The van der Waals surface area contributed by atoms with Crippen LogP contribution < -0.4 is 9.62 Å². The molecule has 1 amide bonds. The molecule has 3 aromatic rings. The molecule has 0 saturated carbocycles. The number of nitrogens with zero attached hydrogens (tertiary/aromatic N) is 3. The monoisotopic (exact) mass is 448 g/mol. The first-order valence-corrected chi connectivity index (χ1v) is 11.3. The summed E-state index contributed by atoms with van der Waals surface area (Å²) < 4.78 is 30.9. The van der Waals surface area contributed by atoms with Crippen LogP contribution in [0.1, 0.15) is 17.0 Å². The number of carbonyl (C=O) groups excluding carboxylic acids is 1. The smallest absolute Gasteiger partial charge is 0.246 e. The lowest BCUT2D eigenvalue weighted by molar-refractivity contribution is -0.119. The molecule has 0 saturated heterocycles. The van der Waals surface area contributed by atoms with Crippen LogP contribution in [0.25, 0.3) is 11.4 Å². The highest BCUT2D eigenvalue weighted by molar-refractivity contribution is 7.92. The zero-order valence-electron chi connectivity index (χ0n) is 16.7. The van der Waals surface area contributed by atoms with E-state index in [2.05, 4.69) is 15.5 Å². The third-order valence-electron chi connectivity index (χ3n) is 4.38. The van der Waals surface area contributed by atoms with Crippen LogP contribution in [0.2, 0.25) is 5.02 Å². The Labute approximate surface area is 179 Å². The Morgan fingerprint density at radius 1 is 1.13 bits per heavy atom. The summed E-state index contributed by atoms with van der Waals surface area (Å²) >= 11 is 5.87. The molecule has 0 fully saturated rings. The van der Waals surface area contributed by atoms with Crippen LogP contribution in [-0.2, 0) is 21.4 Å². The minimum atomic E-state index is -3.67. The molecule has 30 heavy (non-hydrogen) atoms. The molecular formula is C20H21ClN4O4S. The first-order chi connectivity index (χ1) is 14.1. The van der Waals surface area contributed by atoms with Crippen molar-refractivity contribution in [3.8, 4) is 11.4 Å². The second-order valence-corrected chi connectivity index (χ2v) is 9.15. The first-order valence-electron chi connectivity index (χ1n) is 9.04. The fourth-order valence-electron chi connectivity index (χ4n) is 2.96. The van der Waals surface area contributed by atoms with E-state index in [0.717, 1.165) is 27.3 Å². The Morgan fingerprint density at radius 2 is 1.77 bits per heavy atom. The number of nitrogens with one attached hydrogen (secondary N) is 1. The summed E-state index contributed by atoms with van der Waals surface area (Å²) in [6.45, 7) is 3.22. The quantitative estimate of drug-likeness (QED) is 0.595. The molecule has 0 aliphatic carbocycles. The summed E-state index contributed by atoms with van der Waals surface area (Å²) in [6.07, 6.45) is 1.07. The predicted molar refractivity (Wildman–Crippen MR) is 115 cm³/mol. The van der Waals surface area contributed by atoms with Gasteiger partial charge in [-0.3, -0.25) is 9.10 Å². The Bertz CT molecular complexity index is 1140. The Hall–Kier alpha value is -2.91. The summed E-state index contributed by atoms with van der Waals surface area (Å²) in [5.74, 6) is 0.0739. The summed E-state index contributed by atoms with van der Waals surface area (Å²) in [7, 11) is -3.67. The van der Waals surface area contributed by atoms with Gasteiger partial charge < -0.3 is 9.84 Å². The number of anilines is 1. The largest absolute Gasteiger partial charge is 0.345 e. The van der Waals surface area contributed by atoms with Gasteiger partial charge in [-0.25, -0.2) is 8.42 Å². The normalized spacial score (nSPS) is 11.3. The second-order valence-electron chi connectivity index (χ2n) is 6.81. The standard InChI is InChI=1S/C20H21ClN4O4S/c1-13-5-4-6-14(2)19(13)25(30(3,27)28)12-17(26)22-11-18-23-20(24-29-18)15-7-9-16(21)10-8-15/h4-10H,11-12H2,1-3H3,(H,22,26). The van der Waals surface area contributed by atoms with Crippen molar-refractivity contribution in [3.63, 3.8) is 0 Å². The van der Waals surface area contributed by atoms with Crippen LogP contribution in [0, 0.1) is 13.8 Å². The van der Waals surface area contributed by atoms with E-state index in [4.69, 9.17) is 16.1 Å². The van der Waals surface area contributed by atoms with Crippen molar-refractivity contribution in [1.82, 2.24) is 15.5 Å². The fraction of sp³-hybridized carbons (Fsp3) is 0.250. The third-order valence-corrected chi connectivity index (χ3v) is 5.75. The molecule has 8 nitrogen and oxygen atoms in total. The first kappa shape index (κ1) is 21.8. The van der Waals surface area contributed by atoms with Crippen molar-refractivity contribution in [2.24, 2.45) is 0 Å². The van der Waals surface area contributed by atoms with E-state index in [0.29, 0.717) is 16.5 Å². The molecule has 2 aromatic carbocycles. The van der Waals surface area contributed by atoms with Crippen LogP contribution in [-0.4, -0.2) is 37.3 Å². The number of benzene rings is 2. The van der Waals surface area contributed by atoms with Gasteiger partial charge in [0, 0.05) is 10.6 Å². The van der Waals surface area contributed by atoms with Gasteiger partial charge in [-0.2, -0.15) is 4.98 Å². The van der Waals surface area contributed by atoms with E-state index in [1.165, 1.54) is 0 Å². The average molecular weight is 449 g/mol. The number of para-hydroxylation sites is 1. The van der Waals surface area contributed by atoms with E-state index in [9.17, 15) is 13.2 Å². The van der Waals surface area contributed by atoms with E-state index in [1.54, 1.807) is 50.2 Å². The van der Waals surface area contributed by atoms with Crippen molar-refractivity contribution >= 4 is 33.2 Å². The lowest BCUT2D eigenvalue weighted by Gasteiger charge is -2.25. The van der Waals surface area contributed by atoms with E-state index in [-0.39, 0.29) is 19.0 Å². The number of amides is 1. The number of carbonyl (C=O) groups is 1. The summed E-state index contributed by atoms with van der Waals surface area (Å²) in [5, 5.41) is 7.09. The minimum absolute atomic E-state index is 0.0240. The van der Waals surface area contributed by atoms with Gasteiger partial charge in [-0.05, 0) is 49.2 Å². The number of aromatic nitrogens is 2. The van der Waals surface area contributed by atoms with Crippen molar-refractivity contribution in [2.75, 3.05) is 17.1 Å². The maximum atomic E-state index is 12.5. The summed E-state index contributed by atoms with van der Waals surface area (Å²) in [4.78, 5) is 16.7. The number of hydrogen-bond donors (Lipinski definition) is 1. The number of rotatable bonds is 7. The SMILES string of the molecule is Cc1cccc(C)c1N(CC(=O)NCc1nc(-c2ccc(Cl)cc2)no1)S(C)(=O)=O. The van der Waals surface area contributed by atoms with Gasteiger partial charge in [-0.15, -0.1) is 0 Å². The minimum Gasteiger partial charge on any atom is -0.345 e. The third kappa shape index (κ3) is 5.17. The maximum Gasteiger partial charge on any atom is 0.246 e. The van der Waals surface area contributed by atoms with Gasteiger partial charge in [0.25, 0.3) is 0 Å². The van der Waals surface area contributed by atoms with Gasteiger partial charge in [0.2, 0.25) is 27.6 Å². The zero-order valence-corrected chi connectivity index (χ0v) is 18.3. The van der Waals surface area contributed by atoms with Gasteiger partial charge in [0.05, 0.1) is 18.5 Å². The molecular weight excluding hydrogens is 428 g/mol. The second kappa shape index (κ2) is 8.85. The highest BCUT2D eigenvalue weighted by Gasteiger charge is 2.24. The van der Waals surface area contributed by atoms with Gasteiger partial charge in [0.1, 0.15) is 6.54 Å². The zero-order chi connectivity index (χ0) is 21.9. The molecule has 1 N–H and O–H groups in total. The van der Waals surface area contributed by atoms with Crippen molar-refractivity contribution in [2.45, 2.75) is 20.4 Å². The molecule has 3 rings (SSSR count). The molecule has 0 aliphatic rings. The molecule has 10 heteroatoms. The number of hydrogen-bond acceptors (Lipinski definition) is 6. The molecule has 0 bridgehead atoms. The van der Waals surface area contributed by atoms with E-state index >= 15 is 0 Å². The van der Waals surface area contributed by atoms with Crippen LogP contribution in [0.15, 0.2) is 47.0 Å². The highest BCUT2D eigenvalue weighted by Crippen LogP contribution is 2.26. The molecule has 0 atom stereocenters. The molecule has 1 aromatic heterocycles. The highest BCUT2D eigenvalue weighted by atomic mass is 35.5. The Kier molecular flexibility index (Phi) is 6.42.